The lowest BCUT2D eigenvalue weighted by Crippen LogP contribution is -2.61. The molecule has 0 radical (unpaired) electrons. The number of benzene rings is 3. The largest absolute Gasteiger partial charge is 0.508 e. The first-order valence-corrected chi connectivity index (χ1v) is 44.5. The number of aromatic amines is 2. The third-order valence-corrected chi connectivity index (χ3v) is 24.0. The van der Waals surface area contributed by atoms with E-state index in [1.807, 2.05) is 0 Å². The number of hydrogen-bond donors (Lipinski definition) is 20. The van der Waals surface area contributed by atoms with Crippen molar-refractivity contribution in [2.24, 2.45) is 11.5 Å². The Labute approximate surface area is 775 Å². The molecule has 3 fully saturated rings. The molecule has 3 aliphatic heterocycles. The van der Waals surface area contributed by atoms with E-state index >= 15 is 33.6 Å². The van der Waals surface area contributed by atoms with E-state index in [0.29, 0.717) is 57.8 Å². The monoisotopic (exact) mass is 1880 g/mol. The van der Waals surface area contributed by atoms with Crippen LogP contribution in [-0.2, 0) is 123 Å². The molecule has 135 heavy (non-hydrogen) atoms. The van der Waals surface area contributed by atoms with Crippen LogP contribution in [0.1, 0.15) is 127 Å². The van der Waals surface area contributed by atoms with Crippen LogP contribution in [0.15, 0.2) is 97.7 Å². The number of primary amides is 2. The maximum Gasteiger partial charge on any atom is 0.323 e. The smallest absolute Gasteiger partial charge is 0.323 e. The van der Waals surface area contributed by atoms with E-state index in [4.69, 9.17) is 11.5 Å². The average molecular weight is 1880 g/mol. The highest BCUT2D eigenvalue weighted by molar-refractivity contribution is 6.03. The Bertz CT molecular complexity index is 5320. The van der Waals surface area contributed by atoms with Crippen molar-refractivity contribution in [1.29, 1.82) is 0 Å². The quantitative estimate of drug-likeness (QED) is 0.0255. The maximum absolute atomic E-state index is 15.8. The first kappa shape index (κ1) is 104. The lowest BCUT2D eigenvalue weighted by molar-refractivity contribution is -0.149. The minimum absolute atomic E-state index is 0.0374. The summed E-state index contributed by atoms with van der Waals surface area (Å²) in [6, 6.07) is -4.61. The molecule has 3 saturated heterocycles. The molecule has 0 saturated carbocycles. The molecule has 3 aliphatic rings. The molecule has 6 aromatic rings. The third-order valence-electron chi connectivity index (χ3n) is 24.0. The number of unbranched alkanes of at least 4 members (excludes halogenated alkanes) is 2. The van der Waals surface area contributed by atoms with E-state index in [2.05, 4.69) is 73.4 Å². The van der Waals surface area contributed by atoms with Crippen molar-refractivity contribution >= 4 is 134 Å². The minimum atomic E-state index is -2.00. The summed E-state index contributed by atoms with van der Waals surface area (Å²) in [4.78, 5) is 288. The predicted molar refractivity (Wildman–Crippen MR) is 481 cm³/mol. The zero-order valence-electron chi connectivity index (χ0n) is 75.9. The Hall–Kier alpha value is -14.4. The number of aliphatic hydroxyl groups excluding tert-OH is 2. The number of para-hydroxylation sites is 2. The number of aliphatic hydroxyl groups is 2. The maximum atomic E-state index is 15.8. The number of phenols is 1. The molecule has 46 nitrogen and oxygen atoms in total. The van der Waals surface area contributed by atoms with E-state index < -0.39 is 287 Å². The summed E-state index contributed by atoms with van der Waals surface area (Å²) in [6.07, 6.45) is 1.09. The number of aliphatic carboxylic acids is 2. The van der Waals surface area contributed by atoms with Gasteiger partial charge in [-0.1, -0.05) is 88.1 Å². The number of aromatic hydroxyl groups is 1. The van der Waals surface area contributed by atoms with Crippen molar-refractivity contribution in [2.45, 2.75) is 228 Å². The minimum Gasteiger partial charge on any atom is -0.508 e. The van der Waals surface area contributed by atoms with Gasteiger partial charge in [0, 0.05) is 125 Å². The van der Waals surface area contributed by atoms with Gasteiger partial charge in [-0.3, -0.25) is 91.1 Å². The average Bonchev–Trinajstić information content (AvgIpc) is 1.65. The first-order chi connectivity index (χ1) is 64.2. The predicted octanol–water partition coefficient (Wildman–Crippen LogP) is -4.94. The normalized spacial score (nSPS) is 24.7. The summed E-state index contributed by atoms with van der Waals surface area (Å²) in [6.45, 7) is 1.41. The van der Waals surface area contributed by atoms with Crippen molar-refractivity contribution in [3.05, 3.63) is 120 Å². The van der Waals surface area contributed by atoms with Gasteiger partial charge in [-0.25, -0.2) is 4.98 Å². The fourth-order valence-electron chi connectivity index (χ4n) is 16.5. The summed E-state index contributed by atoms with van der Waals surface area (Å²) >= 11 is 0. The van der Waals surface area contributed by atoms with Gasteiger partial charge in [0.25, 0.3) is 0 Å². The van der Waals surface area contributed by atoms with E-state index in [1.165, 1.54) is 81.7 Å². The van der Waals surface area contributed by atoms with E-state index in [1.54, 1.807) is 62.4 Å². The number of nitrogens with one attached hydrogen (secondary N) is 13. The van der Waals surface area contributed by atoms with Crippen LogP contribution >= 0.6 is 0 Å². The molecule has 730 valence electrons. The molecule has 0 bridgehead atoms. The summed E-state index contributed by atoms with van der Waals surface area (Å²) in [5.74, 6) is -20.5. The fourth-order valence-corrected chi connectivity index (χ4v) is 16.5. The number of phenolic OH excluding ortho intramolecular Hbond substituents is 1. The number of rotatable bonds is 25. The van der Waals surface area contributed by atoms with Crippen molar-refractivity contribution in [2.75, 3.05) is 60.5 Å². The van der Waals surface area contributed by atoms with Crippen molar-refractivity contribution in [3.63, 3.8) is 0 Å². The SMILES string of the molecule is CCCC[C@H]1C(=O)N(C)[C@@H](CCCC)C(=O)N[C@@H](C)C(=O)N[C@H](C(=O)NCC(N)=O)CNCC(=O)N[C@@H](Cc2ccc(O)cc2)C(=O)N(C)[C@@H](C)C(=O)N[C@@H](CC(=O)O)C(=O)N2CCC[C@H]2C(=O)N[C@@H](Cc2cnc[nH]2)C(=O)N[C@@H](CCC(N)=O)C(=O)N2C[C@H](O)C[C@H]2C(=O)N[C@@H](Cc2c[nH]c3ccccc23)C(=O)N[C@@H](CO)C(=O)N[C@@H](Cc2cn(CC(=O)O)c3ccccc23)C(=O)N1C. The zero-order chi connectivity index (χ0) is 98.8. The molecule has 3 aromatic heterocycles. The Kier molecular flexibility index (Phi) is 37.7. The number of fused-ring (bicyclic) bond motifs is 4. The second-order valence-corrected chi connectivity index (χ2v) is 33.9. The second-order valence-electron chi connectivity index (χ2n) is 33.9. The number of carbonyl (C=O) groups excluding carboxylic acids is 17. The number of H-pyrrole nitrogens is 2. The molecular weight excluding hydrogens is 1760 g/mol. The molecular formula is C89H120N22O24. The lowest BCUT2D eigenvalue weighted by atomic mass is 10.00. The third kappa shape index (κ3) is 28.3. The molecule has 0 unspecified atom stereocenters. The second kappa shape index (κ2) is 48.8. The fraction of sp³-hybridized carbons (Fsp3) is 0.506. The van der Waals surface area contributed by atoms with Crippen LogP contribution in [0.2, 0.25) is 0 Å². The van der Waals surface area contributed by atoms with Crippen molar-refractivity contribution in [3.8, 4) is 5.75 Å². The molecule has 17 amide bonds. The summed E-state index contributed by atoms with van der Waals surface area (Å²) in [5.41, 5.74) is 13.3. The molecule has 9 rings (SSSR count). The van der Waals surface area contributed by atoms with Crippen molar-refractivity contribution in [1.82, 2.24) is 103 Å². The Morgan fingerprint density at radius 1 is 0.548 bits per heavy atom. The van der Waals surface area contributed by atoms with Gasteiger partial charge in [-0.15, -0.1) is 0 Å². The molecule has 0 spiro atoms. The van der Waals surface area contributed by atoms with E-state index in [-0.39, 0.29) is 56.5 Å². The highest BCUT2D eigenvalue weighted by Gasteiger charge is 2.47. The molecule has 0 aliphatic carbocycles. The number of amides is 17. The van der Waals surface area contributed by atoms with Gasteiger partial charge < -0.3 is 135 Å². The Balaban J connectivity index is 1.10. The first-order valence-electron chi connectivity index (χ1n) is 44.5. The number of carbonyl (C=O) groups is 19. The number of aromatic nitrogens is 4. The van der Waals surface area contributed by atoms with Crippen LogP contribution in [-0.4, -0.2) is 333 Å². The number of likely N-dealkylation sites (N-methyl/N-ethyl adjacent to an activating group) is 3. The Morgan fingerprint density at radius 3 is 1.78 bits per heavy atom. The number of carboxylic acids is 2. The van der Waals surface area contributed by atoms with Crippen LogP contribution in [0.4, 0.5) is 0 Å². The highest BCUT2D eigenvalue weighted by atomic mass is 16.4. The zero-order valence-corrected chi connectivity index (χ0v) is 75.9. The Morgan fingerprint density at radius 2 is 1.13 bits per heavy atom. The van der Waals surface area contributed by atoms with Gasteiger partial charge in [0.15, 0.2) is 0 Å². The van der Waals surface area contributed by atoms with Crippen LogP contribution in [0.5, 0.6) is 5.75 Å². The van der Waals surface area contributed by atoms with Crippen LogP contribution in [0, 0.1) is 0 Å². The van der Waals surface area contributed by atoms with Crippen LogP contribution < -0.4 is 70.0 Å². The number of nitrogens with zero attached hydrogens (tertiary/aromatic N) is 7. The highest BCUT2D eigenvalue weighted by Crippen LogP contribution is 2.29. The van der Waals surface area contributed by atoms with Crippen LogP contribution in [0.25, 0.3) is 21.8 Å². The molecule has 6 heterocycles. The topological polar surface area (TPSA) is 675 Å². The van der Waals surface area contributed by atoms with Gasteiger partial charge >= 0.3 is 11.9 Å². The number of nitrogens with two attached hydrogens (primary N) is 2. The molecule has 46 heteroatoms. The number of carboxylic acid groups (broad SMARTS) is 2. The summed E-state index contributed by atoms with van der Waals surface area (Å²) in [5, 5.41) is 82.1. The summed E-state index contributed by atoms with van der Waals surface area (Å²) < 4.78 is 1.39. The molecule has 3 aromatic carbocycles. The molecule has 22 N–H and O–H groups in total. The molecule has 15 atom stereocenters. The van der Waals surface area contributed by atoms with E-state index in [9.17, 15) is 83.1 Å². The van der Waals surface area contributed by atoms with Gasteiger partial charge in [-0.2, -0.15) is 0 Å². The van der Waals surface area contributed by atoms with Crippen molar-refractivity contribution < 1.29 is 117 Å². The van der Waals surface area contributed by atoms with Crippen LogP contribution in [0.3, 0.4) is 0 Å². The van der Waals surface area contributed by atoms with Gasteiger partial charge in [0.05, 0.1) is 38.5 Å². The van der Waals surface area contributed by atoms with E-state index in [0.717, 1.165) is 31.5 Å². The van der Waals surface area contributed by atoms with Gasteiger partial charge in [-0.05, 0) is 86.9 Å². The standard InChI is InChI=1S/C89H120N22O24/c1-8-10-20-67-82(128)97-47(3)76(122)104-64(78(124)95-40-72(91)116)39-92-41-73(117)98-61(31-49-24-26-53(113)27-25-49)85(131)106(5)48(4)77(123)102-63(36-74(118)119)88(134)110-30-16-23-68(110)83(129)101-60(34-52-38-93-46-96-52)80(126)99-58(28-29-71(90)115)87(133)111-43-54(114)35-70(111)84(130)100-59(32-50-37-94-57-19-14-12-17-55(50)57)79(125)105-65(45-112)81(127)103-62(86(132)108(7)69(21-11-9-2)89(135)107(67)6)33-51-42-109(44-75(120)121)66-22-15-13-18-56(51)66/h12-15,17-19,22,24-27,37-38,42,46-48,54,58-65,67-70,92,94,112-114H,8-11,16,20-21,23,28-36,39-41,43-45H2,1-7H3,(H2,90,115)(H2,91,116)(H,93,96)(H,95,124)(H,97,128)(H,98,117)(H,99,126)(H,100,130)(H,101,129)(H,102,123)(H,103,127)(H,104,122)(H,105,125)(H,118,119)(H,120,121)/t47-,48-,54+,58-,59-,60-,61-,62-,63-,64-,65-,67-,68-,69-,70-/m0/s1. The number of imidazole rings is 1. The van der Waals surface area contributed by atoms with Gasteiger partial charge in [0.1, 0.15) is 96.9 Å². The van der Waals surface area contributed by atoms with Gasteiger partial charge in [0.2, 0.25) is 100 Å². The number of hydrogen-bond acceptors (Lipinski definition) is 24. The lowest BCUT2D eigenvalue weighted by Gasteiger charge is -2.36. The summed E-state index contributed by atoms with van der Waals surface area (Å²) in [7, 11) is 3.73.